The van der Waals surface area contributed by atoms with Crippen LogP contribution in [0.3, 0.4) is 0 Å². The van der Waals surface area contributed by atoms with E-state index in [0.29, 0.717) is 29.3 Å². The van der Waals surface area contributed by atoms with Crippen molar-refractivity contribution >= 4 is 18.0 Å². The molecule has 0 saturated carbocycles. The first-order valence-corrected chi connectivity index (χ1v) is 9.26. The molecular weight excluding hydrogens is 370 g/mol. The van der Waals surface area contributed by atoms with Gasteiger partial charge in [0.15, 0.2) is 11.5 Å². The number of hydrogen-bond donors (Lipinski definition) is 0. The summed E-state index contributed by atoms with van der Waals surface area (Å²) in [5.74, 6) is 0.503. The third-order valence-electron chi connectivity index (χ3n) is 5.07. The van der Waals surface area contributed by atoms with E-state index in [1.165, 1.54) is 7.11 Å². The lowest BCUT2D eigenvalue weighted by Gasteiger charge is -2.18. The second-order valence-corrected chi connectivity index (χ2v) is 7.00. The number of benzene rings is 2. The summed E-state index contributed by atoms with van der Waals surface area (Å²) in [6.45, 7) is 4.32. The highest BCUT2D eigenvalue weighted by atomic mass is 16.7. The zero-order chi connectivity index (χ0) is 20.5. The van der Waals surface area contributed by atoms with Crippen molar-refractivity contribution in [2.45, 2.75) is 20.4 Å². The van der Waals surface area contributed by atoms with Gasteiger partial charge in [0, 0.05) is 5.70 Å². The van der Waals surface area contributed by atoms with E-state index >= 15 is 0 Å². The minimum absolute atomic E-state index is 0.172. The Morgan fingerprint density at radius 1 is 1.10 bits per heavy atom. The van der Waals surface area contributed by atoms with Gasteiger partial charge in [-0.1, -0.05) is 35.9 Å². The number of ether oxygens (including phenoxy) is 3. The smallest absolute Gasteiger partial charge is 0.340 e. The van der Waals surface area contributed by atoms with Crippen molar-refractivity contribution in [1.82, 2.24) is 4.90 Å². The van der Waals surface area contributed by atoms with Crippen molar-refractivity contribution in [2.24, 2.45) is 0 Å². The largest absolute Gasteiger partial charge is 0.465 e. The molecular formula is C23H21NO5. The summed E-state index contributed by atoms with van der Waals surface area (Å²) in [5, 5.41) is 0. The van der Waals surface area contributed by atoms with Crippen molar-refractivity contribution in [1.29, 1.82) is 0 Å². The number of rotatable bonds is 4. The Morgan fingerprint density at radius 3 is 2.55 bits per heavy atom. The molecule has 0 N–H and O–H groups in total. The van der Waals surface area contributed by atoms with Gasteiger partial charge in [-0.05, 0) is 43.2 Å². The predicted octanol–water partition coefficient (Wildman–Crippen LogP) is 3.60. The quantitative estimate of drug-likeness (QED) is 0.589. The van der Waals surface area contributed by atoms with Crippen LogP contribution in [-0.2, 0) is 20.9 Å². The number of aryl methyl sites for hydroxylation is 1. The number of carbonyl (C=O) groups excluding carboxylic acids is 2. The summed E-state index contributed by atoms with van der Waals surface area (Å²) < 4.78 is 15.7. The van der Waals surface area contributed by atoms with Crippen LogP contribution in [0.2, 0.25) is 0 Å². The topological polar surface area (TPSA) is 65.1 Å². The average Bonchev–Trinajstić information content (AvgIpc) is 3.27. The maximum atomic E-state index is 13.2. The summed E-state index contributed by atoms with van der Waals surface area (Å²) in [6.07, 6.45) is 1.69. The second-order valence-electron chi connectivity index (χ2n) is 7.00. The van der Waals surface area contributed by atoms with Gasteiger partial charge in [0.1, 0.15) is 0 Å². The number of nitrogens with zero attached hydrogens (tertiary/aromatic N) is 1. The van der Waals surface area contributed by atoms with E-state index in [9.17, 15) is 9.59 Å². The van der Waals surface area contributed by atoms with Crippen LogP contribution < -0.4 is 9.47 Å². The van der Waals surface area contributed by atoms with E-state index in [2.05, 4.69) is 0 Å². The third-order valence-corrected chi connectivity index (χ3v) is 5.07. The molecule has 0 aliphatic carbocycles. The van der Waals surface area contributed by atoms with Gasteiger partial charge in [0.2, 0.25) is 6.79 Å². The van der Waals surface area contributed by atoms with Crippen LogP contribution in [0, 0.1) is 6.92 Å². The molecule has 6 heteroatoms. The highest BCUT2D eigenvalue weighted by Crippen LogP contribution is 2.36. The summed E-state index contributed by atoms with van der Waals surface area (Å²) in [7, 11) is 1.31. The van der Waals surface area contributed by atoms with Gasteiger partial charge in [-0.25, -0.2) is 4.79 Å². The molecule has 6 nitrogen and oxygen atoms in total. The molecule has 2 aliphatic rings. The summed E-state index contributed by atoms with van der Waals surface area (Å²) in [5.41, 5.74) is 4.03. The average molecular weight is 391 g/mol. The molecule has 2 aromatic carbocycles. The Balaban J connectivity index is 1.71. The number of amides is 1. The van der Waals surface area contributed by atoms with Crippen LogP contribution in [0.5, 0.6) is 11.5 Å². The zero-order valence-corrected chi connectivity index (χ0v) is 16.5. The monoisotopic (exact) mass is 391 g/mol. The summed E-state index contributed by atoms with van der Waals surface area (Å²) >= 11 is 0. The van der Waals surface area contributed by atoms with Crippen molar-refractivity contribution < 1.29 is 23.8 Å². The lowest BCUT2D eigenvalue weighted by molar-refractivity contribution is -0.136. The van der Waals surface area contributed by atoms with Gasteiger partial charge in [0.25, 0.3) is 5.91 Å². The molecule has 0 atom stereocenters. The standard InChI is InChI=1S/C23H21NO5/c1-14-4-6-16(7-5-14)12-24-15(2)21(23(26)27-3)18(22(24)25)10-17-8-9-19-20(11-17)29-13-28-19/h4-11H,12-13H2,1-3H3. The first-order valence-electron chi connectivity index (χ1n) is 9.26. The molecule has 2 heterocycles. The number of fused-ring (bicyclic) bond motifs is 1. The Labute approximate surface area is 169 Å². The molecule has 0 bridgehead atoms. The van der Waals surface area contributed by atoms with Gasteiger partial charge < -0.3 is 19.1 Å². The van der Waals surface area contributed by atoms with Crippen LogP contribution >= 0.6 is 0 Å². The lowest BCUT2D eigenvalue weighted by Crippen LogP contribution is -2.24. The molecule has 0 spiro atoms. The maximum absolute atomic E-state index is 13.2. The fourth-order valence-electron chi connectivity index (χ4n) is 3.46. The van der Waals surface area contributed by atoms with Crippen molar-refractivity contribution in [3.63, 3.8) is 0 Å². The molecule has 0 radical (unpaired) electrons. The molecule has 29 heavy (non-hydrogen) atoms. The SMILES string of the molecule is COC(=O)C1=C(C)N(Cc2ccc(C)cc2)C(=O)C1=Cc1ccc2c(c1)OCO2. The number of methoxy groups -OCH3 is 1. The minimum Gasteiger partial charge on any atom is -0.465 e. The van der Waals surface area contributed by atoms with Gasteiger partial charge in [-0.2, -0.15) is 0 Å². The molecule has 4 rings (SSSR count). The molecule has 0 unspecified atom stereocenters. The summed E-state index contributed by atoms with van der Waals surface area (Å²) in [4.78, 5) is 27.3. The Morgan fingerprint density at radius 2 is 1.83 bits per heavy atom. The fraction of sp³-hybridized carbons (Fsp3) is 0.217. The van der Waals surface area contributed by atoms with Gasteiger partial charge >= 0.3 is 5.97 Å². The number of hydrogen-bond acceptors (Lipinski definition) is 5. The van der Waals surface area contributed by atoms with E-state index in [4.69, 9.17) is 14.2 Å². The Kier molecular flexibility index (Phi) is 4.84. The van der Waals surface area contributed by atoms with E-state index in [-0.39, 0.29) is 18.3 Å². The van der Waals surface area contributed by atoms with Crippen LogP contribution in [0.25, 0.3) is 6.08 Å². The molecule has 0 saturated heterocycles. The van der Waals surface area contributed by atoms with Crippen molar-refractivity contribution in [3.8, 4) is 11.5 Å². The number of carbonyl (C=O) groups is 2. The molecule has 2 aromatic rings. The lowest BCUT2D eigenvalue weighted by atomic mass is 10.0. The first kappa shape index (κ1) is 18.8. The van der Waals surface area contributed by atoms with Gasteiger partial charge in [0.05, 0.1) is 24.8 Å². The van der Waals surface area contributed by atoms with E-state index in [0.717, 1.165) is 16.7 Å². The maximum Gasteiger partial charge on any atom is 0.340 e. The van der Waals surface area contributed by atoms with Crippen molar-refractivity contribution in [3.05, 3.63) is 76.0 Å². The highest BCUT2D eigenvalue weighted by molar-refractivity contribution is 6.16. The Hall–Kier alpha value is -3.54. The van der Waals surface area contributed by atoms with Gasteiger partial charge in [-0.3, -0.25) is 4.79 Å². The van der Waals surface area contributed by atoms with Gasteiger partial charge in [-0.15, -0.1) is 0 Å². The molecule has 0 fully saturated rings. The van der Waals surface area contributed by atoms with Crippen LogP contribution in [0.4, 0.5) is 0 Å². The molecule has 0 aromatic heterocycles. The molecule has 2 aliphatic heterocycles. The fourth-order valence-corrected chi connectivity index (χ4v) is 3.46. The zero-order valence-electron chi connectivity index (χ0n) is 16.5. The summed E-state index contributed by atoms with van der Waals surface area (Å²) in [6, 6.07) is 13.3. The van der Waals surface area contributed by atoms with E-state index in [1.807, 2.05) is 37.3 Å². The van der Waals surface area contributed by atoms with Crippen LogP contribution in [-0.4, -0.2) is 30.7 Å². The normalized spacial score (nSPS) is 16.7. The van der Waals surface area contributed by atoms with Crippen molar-refractivity contribution in [2.75, 3.05) is 13.9 Å². The first-order chi connectivity index (χ1) is 14.0. The van der Waals surface area contributed by atoms with Crippen LogP contribution in [0.15, 0.2) is 59.3 Å². The van der Waals surface area contributed by atoms with E-state index < -0.39 is 5.97 Å². The number of allylic oxidation sites excluding steroid dienone is 1. The predicted molar refractivity (Wildman–Crippen MR) is 107 cm³/mol. The van der Waals surface area contributed by atoms with E-state index in [1.54, 1.807) is 30.0 Å². The number of esters is 1. The highest BCUT2D eigenvalue weighted by Gasteiger charge is 2.37. The molecule has 148 valence electrons. The Bertz CT molecular complexity index is 1050. The molecule has 1 amide bonds. The third kappa shape index (κ3) is 3.49. The second kappa shape index (κ2) is 7.47. The van der Waals surface area contributed by atoms with Crippen LogP contribution in [0.1, 0.15) is 23.6 Å². The minimum atomic E-state index is -0.533.